The second kappa shape index (κ2) is 5.52. The van der Waals surface area contributed by atoms with Crippen molar-refractivity contribution >= 4 is 16.7 Å². The van der Waals surface area contributed by atoms with E-state index in [1.54, 1.807) is 12.4 Å². The quantitative estimate of drug-likeness (QED) is 0.770. The molecule has 106 valence electrons. The lowest BCUT2D eigenvalue weighted by molar-refractivity contribution is 0.881. The number of nitrogens with zero attached hydrogens (tertiary/aromatic N) is 2. The summed E-state index contributed by atoms with van der Waals surface area (Å²) in [5.74, 6) is 0. The van der Waals surface area contributed by atoms with Gasteiger partial charge in [0.15, 0.2) is 0 Å². The van der Waals surface area contributed by atoms with Gasteiger partial charge >= 0.3 is 0 Å². The van der Waals surface area contributed by atoms with Gasteiger partial charge in [-0.25, -0.2) is 0 Å². The van der Waals surface area contributed by atoms with E-state index in [-0.39, 0.29) is 6.04 Å². The van der Waals surface area contributed by atoms with Crippen molar-refractivity contribution in [3.8, 4) is 0 Å². The Kier molecular flexibility index (Phi) is 3.57. The maximum Gasteiger partial charge on any atom is 0.0907 e. The summed E-state index contributed by atoms with van der Waals surface area (Å²) in [4.78, 5) is 8.64. The lowest BCUT2D eigenvalue weighted by Crippen LogP contribution is -2.07. The highest BCUT2D eigenvalue weighted by Gasteiger charge is 2.07. The Labute approximate surface area is 125 Å². The molecule has 0 radical (unpaired) electrons. The Hall–Kier alpha value is -2.42. The summed E-state index contributed by atoms with van der Waals surface area (Å²) in [6, 6.07) is 13.0. The normalized spacial score (nSPS) is 12.3. The Morgan fingerprint density at radius 2 is 1.52 bits per heavy atom. The molecule has 3 rings (SSSR count). The molecule has 1 heterocycles. The molecule has 3 heteroatoms. The zero-order valence-corrected chi connectivity index (χ0v) is 12.6. The number of nitrogens with one attached hydrogen (secondary N) is 1. The smallest absolute Gasteiger partial charge is 0.0907 e. The molecule has 1 atom stereocenters. The number of benzene rings is 2. The molecule has 0 bridgehead atoms. The second-order valence-corrected chi connectivity index (χ2v) is 5.55. The summed E-state index contributed by atoms with van der Waals surface area (Å²) in [5, 5.41) is 3.54. The summed E-state index contributed by atoms with van der Waals surface area (Å²) >= 11 is 0. The molecule has 0 saturated heterocycles. The molecule has 0 spiro atoms. The topological polar surface area (TPSA) is 37.8 Å². The van der Waals surface area contributed by atoms with E-state index in [4.69, 9.17) is 0 Å². The van der Waals surface area contributed by atoms with Gasteiger partial charge in [0.1, 0.15) is 0 Å². The number of hydrogen-bond donors (Lipinski definition) is 1. The first-order valence-corrected chi connectivity index (χ1v) is 7.17. The van der Waals surface area contributed by atoms with Gasteiger partial charge in [-0.1, -0.05) is 29.3 Å². The van der Waals surface area contributed by atoms with Crippen molar-refractivity contribution in [1.29, 1.82) is 0 Å². The van der Waals surface area contributed by atoms with Gasteiger partial charge in [0.2, 0.25) is 0 Å². The van der Waals surface area contributed by atoms with Gasteiger partial charge in [-0.15, -0.1) is 0 Å². The molecule has 2 aromatic carbocycles. The highest BCUT2D eigenvalue weighted by Crippen LogP contribution is 2.23. The first-order valence-electron chi connectivity index (χ1n) is 7.17. The summed E-state index contributed by atoms with van der Waals surface area (Å²) in [7, 11) is 0. The van der Waals surface area contributed by atoms with E-state index in [9.17, 15) is 0 Å². The summed E-state index contributed by atoms with van der Waals surface area (Å²) < 4.78 is 0. The first kappa shape index (κ1) is 13.6. The summed E-state index contributed by atoms with van der Waals surface area (Å²) in [6.45, 7) is 6.44. The van der Waals surface area contributed by atoms with Crippen LogP contribution in [-0.2, 0) is 0 Å². The number of hydrogen-bond acceptors (Lipinski definition) is 3. The Morgan fingerprint density at radius 1 is 0.857 bits per heavy atom. The van der Waals surface area contributed by atoms with Crippen LogP contribution in [0.2, 0.25) is 0 Å². The van der Waals surface area contributed by atoms with Crippen molar-refractivity contribution in [2.24, 2.45) is 0 Å². The summed E-state index contributed by atoms with van der Waals surface area (Å²) in [5.41, 5.74) is 6.78. The minimum Gasteiger partial charge on any atom is -0.378 e. The van der Waals surface area contributed by atoms with Crippen LogP contribution in [0.15, 0.2) is 48.8 Å². The maximum absolute atomic E-state index is 4.35. The van der Waals surface area contributed by atoms with Crippen LogP contribution < -0.4 is 5.32 Å². The molecule has 21 heavy (non-hydrogen) atoms. The average molecular weight is 277 g/mol. The van der Waals surface area contributed by atoms with Crippen molar-refractivity contribution in [2.75, 3.05) is 5.32 Å². The van der Waals surface area contributed by atoms with Crippen LogP contribution >= 0.6 is 0 Å². The van der Waals surface area contributed by atoms with Crippen LogP contribution in [0, 0.1) is 13.8 Å². The largest absolute Gasteiger partial charge is 0.378 e. The molecule has 1 unspecified atom stereocenters. The number of aryl methyl sites for hydroxylation is 2. The molecule has 3 aromatic rings. The van der Waals surface area contributed by atoms with Crippen LogP contribution in [0.1, 0.15) is 29.7 Å². The van der Waals surface area contributed by atoms with Crippen LogP contribution in [-0.4, -0.2) is 9.97 Å². The lowest BCUT2D eigenvalue weighted by Gasteiger charge is -2.17. The zero-order valence-electron chi connectivity index (χ0n) is 12.6. The third-order valence-corrected chi connectivity index (χ3v) is 3.60. The van der Waals surface area contributed by atoms with Gasteiger partial charge in [0, 0.05) is 24.1 Å². The Bertz CT molecular complexity index is 760. The van der Waals surface area contributed by atoms with Crippen LogP contribution in [0.5, 0.6) is 0 Å². The predicted octanol–water partition coefficient (Wildman–Crippen LogP) is 4.42. The van der Waals surface area contributed by atoms with Crippen LogP contribution in [0.4, 0.5) is 5.69 Å². The van der Waals surface area contributed by atoms with Gasteiger partial charge in [0.25, 0.3) is 0 Å². The van der Waals surface area contributed by atoms with Gasteiger partial charge in [-0.3, -0.25) is 9.97 Å². The molecule has 1 N–H and O–H groups in total. The Morgan fingerprint density at radius 3 is 2.24 bits per heavy atom. The van der Waals surface area contributed by atoms with Crippen molar-refractivity contribution in [1.82, 2.24) is 9.97 Å². The molecule has 3 nitrogen and oxygen atoms in total. The number of aromatic nitrogens is 2. The fourth-order valence-electron chi connectivity index (χ4n) is 2.65. The fraction of sp³-hybridized carbons (Fsp3) is 0.222. The van der Waals surface area contributed by atoms with Gasteiger partial charge < -0.3 is 5.32 Å². The number of fused-ring (bicyclic) bond motifs is 1. The second-order valence-electron chi connectivity index (χ2n) is 5.55. The summed E-state index contributed by atoms with van der Waals surface area (Å²) in [6.07, 6.45) is 3.44. The molecule has 0 aliphatic rings. The number of anilines is 1. The average Bonchev–Trinajstić information content (AvgIpc) is 2.46. The van der Waals surface area contributed by atoms with Crippen LogP contribution in [0.3, 0.4) is 0 Å². The highest BCUT2D eigenvalue weighted by molar-refractivity contribution is 5.78. The van der Waals surface area contributed by atoms with Crippen molar-refractivity contribution in [3.63, 3.8) is 0 Å². The lowest BCUT2D eigenvalue weighted by atomic mass is 10.0. The van der Waals surface area contributed by atoms with Gasteiger partial charge in [-0.05, 0) is 44.5 Å². The molecule has 0 saturated carbocycles. The van der Waals surface area contributed by atoms with Crippen molar-refractivity contribution in [2.45, 2.75) is 26.8 Å². The van der Waals surface area contributed by atoms with Gasteiger partial charge in [0.05, 0.1) is 11.0 Å². The molecular formula is C18H19N3. The minimum atomic E-state index is 0.248. The molecule has 0 fully saturated rings. The Balaban J connectivity index is 1.86. The van der Waals surface area contributed by atoms with Gasteiger partial charge in [-0.2, -0.15) is 0 Å². The van der Waals surface area contributed by atoms with Crippen molar-refractivity contribution < 1.29 is 0 Å². The molecular weight excluding hydrogens is 258 g/mol. The third-order valence-electron chi connectivity index (χ3n) is 3.60. The molecule has 1 aromatic heterocycles. The van der Waals surface area contributed by atoms with Crippen LogP contribution in [0.25, 0.3) is 11.0 Å². The highest BCUT2D eigenvalue weighted by atomic mass is 14.9. The molecule has 0 amide bonds. The van der Waals surface area contributed by atoms with E-state index in [1.807, 2.05) is 12.1 Å². The minimum absolute atomic E-state index is 0.248. The third kappa shape index (κ3) is 3.02. The fourth-order valence-corrected chi connectivity index (χ4v) is 2.65. The van der Waals surface area contributed by atoms with E-state index >= 15 is 0 Å². The standard InChI is InChI=1S/C18H19N3/c1-12-8-13(2)10-15(9-12)14(3)21-16-4-5-17-18(11-16)20-7-6-19-17/h4-11,14,21H,1-3H3. The van der Waals surface area contributed by atoms with E-state index in [0.717, 1.165) is 16.7 Å². The first-order chi connectivity index (χ1) is 10.1. The molecule has 0 aliphatic carbocycles. The van der Waals surface area contributed by atoms with Crippen molar-refractivity contribution in [3.05, 3.63) is 65.5 Å². The monoisotopic (exact) mass is 277 g/mol. The van der Waals surface area contributed by atoms with E-state index < -0.39 is 0 Å². The SMILES string of the molecule is Cc1cc(C)cc(C(C)Nc2ccc3nccnc3c2)c1. The maximum atomic E-state index is 4.35. The van der Waals surface area contributed by atoms with E-state index in [2.05, 4.69) is 60.3 Å². The van der Waals surface area contributed by atoms with E-state index in [0.29, 0.717) is 0 Å². The number of rotatable bonds is 3. The predicted molar refractivity (Wildman–Crippen MR) is 87.5 cm³/mol. The molecule has 0 aliphatic heterocycles. The van der Waals surface area contributed by atoms with E-state index in [1.165, 1.54) is 16.7 Å². The zero-order chi connectivity index (χ0) is 14.8.